The van der Waals surface area contributed by atoms with Gasteiger partial charge in [-0.1, -0.05) is 17.3 Å². The molecule has 1 aliphatic carbocycles. The Kier molecular flexibility index (Phi) is 7.99. The number of pyridine rings is 2. The van der Waals surface area contributed by atoms with Gasteiger partial charge in [0.2, 0.25) is 11.0 Å². The van der Waals surface area contributed by atoms with Crippen LogP contribution in [-0.2, 0) is 0 Å². The van der Waals surface area contributed by atoms with Crippen LogP contribution in [0.25, 0.3) is 11.1 Å². The Morgan fingerprint density at radius 1 is 1.27 bits per heavy atom. The highest BCUT2D eigenvalue weighted by Gasteiger charge is 2.22. The maximum Gasteiger partial charge on any atom is 0.280 e. The number of hydrogen-bond acceptors (Lipinski definition) is 10. The minimum absolute atomic E-state index is 0.0100. The normalized spacial score (nSPS) is 13.4. The summed E-state index contributed by atoms with van der Waals surface area (Å²) in [4.78, 5) is 24.9. The number of aliphatic imine (C=N–C) groups is 1. The van der Waals surface area contributed by atoms with Gasteiger partial charge in [0.15, 0.2) is 10.9 Å². The number of alkyl halides is 2. The van der Waals surface area contributed by atoms with Crippen LogP contribution in [0.1, 0.15) is 40.3 Å². The van der Waals surface area contributed by atoms with Gasteiger partial charge in [-0.15, -0.1) is 10.2 Å². The minimum atomic E-state index is -2.84. The average Bonchev–Trinajstić information content (AvgIpc) is 3.63. The number of carbonyl (C=O) groups excluding carboxylic acids is 1. The van der Waals surface area contributed by atoms with Crippen molar-refractivity contribution in [3.05, 3.63) is 52.8 Å². The summed E-state index contributed by atoms with van der Waals surface area (Å²) >= 11 is 1.12. The lowest BCUT2D eigenvalue weighted by Gasteiger charge is -2.15. The third-order valence-corrected chi connectivity index (χ3v) is 5.72. The number of ether oxygens (including phenoxy) is 2. The molecule has 0 aliphatic heterocycles. The zero-order chi connectivity index (χ0) is 26.4. The number of methoxy groups -OCH3 is 1. The van der Waals surface area contributed by atoms with E-state index < -0.39 is 18.0 Å². The molecule has 13 heteroatoms. The van der Waals surface area contributed by atoms with Crippen molar-refractivity contribution in [2.75, 3.05) is 19.5 Å². The number of allylic oxidation sites excluding steroid dienone is 1. The summed E-state index contributed by atoms with van der Waals surface area (Å²) in [6.07, 6.45) is 4.52. The summed E-state index contributed by atoms with van der Waals surface area (Å²) in [6, 6.07) is 2.53. The van der Waals surface area contributed by atoms with E-state index in [1.165, 1.54) is 31.7 Å². The van der Waals surface area contributed by atoms with Crippen LogP contribution in [0, 0.1) is 17.8 Å². The van der Waals surface area contributed by atoms with Crippen LogP contribution in [0.2, 0.25) is 0 Å². The van der Waals surface area contributed by atoms with E-state index in [9.17, 15) is 13.6 Å². The maximum absolute atomic E-state index is 13.5. The SMILES string of the molecule is CN=C/C=C(\N)Oc1cc(-c2cc(C(F)F)ncc2OC)c(C(=O)Nc2nnc(C#CC3CC3)s2)cn1. The van der Waals surface area contributed by atoms with Gasteiger partial charge in [0.1, 0.15) is 11.4 Å². The fourth-order valence-electron chi connectivity index (χ4n) is 3.03. The van der Waals surface area contributed by atoms with E-state index in [0.29, 0.717) is 10.9 Å². The monoisotopic (exact) mass is 525 g/mol. The molecule has 0 unspecified atom stereocenters. The van der Waals surface area contributed by atoms with E-state index in [-0.39, 0.29) is 39.3 Å². The molecule has 4 rings (SSSR count). The van der Waals surface area contributed by atoms with Crippen molar-refractivity contribution in [1.29, 1.82) is 0 Å². The van der Waals surface area contributed by atoms with E-state index in [4.69, 9.17) is 15.2 Å². The Morgan fingerprint density at radius 2 is 2.08 bits per heavy atom. The van der Waals surface area contributed by atoms with Crippen molar-refractivity contribution in [2.45, 2.75) is 19.3 Å². The molecule has 1 aliphatic rings. The van der Waals surface area contributed by atoms with Crippen LogP contribution in [0.15, 0.2) is 41.5 Å². The van der Waals surface area contributed by atoms with Gasteiger partial charge in [-0.05, 0) is 24.8 Å². The number of rotatable bonds is 8. The lowest BCUT2D eigenvalue weighted by Crippen LogP contribution is -2.15. The Labute approximate surface area is 214 Å². The van der Waals surface area contributed by atoms with Crippen molar-refractivity contribution in [3.63, 3.8) is 0 Å². The van der Waals surface area contributed by atoms with Crippen LogP contribution < -0.4 is 20.5 Å². The number of nitrogens with zero attached hydrogens (tertiary/aromatic N) is 5. The number of aromatic nitrogens is 4. The molecule has 3 N–H and O–H groups in total. The Bertz CT molecular complexity index is 1430. The van der Waals surface area contributed by atoms with E-state index in [0.717, 1.165) is 36.4 Å². The summed E-state index contributed by atoms with van der Waals surface area (Å²) in [5.41, 5.74) is 5.73. The summed E-state index contributed by atoms with van der Waals surface area (Å²) in [7, 11) is 2.92. The summed E-state index contributed by atoms with van der Waals surface area (Å²) in [5.74, 6) is 5.95. The molecule has 3 aromatic rings. The zero-order valence-corrected chi connectivity index (χ0v) is 20.6. The lowest BCUT2D eigenvalue weighted by molar-refractivity contribution is 0.102. The predicted molar refractivity (Wildman–Crippen MR) is 134 cm³/mol. The fraction of sp³-hybridized carbons (Fsp3) is 0.250. The molecule has 0 bridgehead atoms. The first-order chi connectivity index (χ1) is 17.9. The highest BCUT2D eigenvalue weighted by atomic mass is 32.1. The first-order valence-corrected chi connectivity index (χ1v) is 11.7. The van der Waals surface area contributed by atoms with Gasteiger partial charge in [-0.3, -0.25) is 20.1 Å². The van der Waals surface area contributed by atoms with Crippen molar-refractivity contribution >= 4 is 28.6 Å². The molecule has 3 aromatic heterocycles. The van der Waals surface area contributed by atoms with Gasteiger partial charge in [0.05, 0.1) is 18.9 Å². The fourth-order valence-corrected chi connectivity index (χ4v) is 3.63. The Balaban J connectivity index is 1.72. The molecule has 1 saturated carbocycles. The topological polar surface area (TPSA) is 138 Å². The largest absolute Gasteiger partial charge is 0.494 e. The number of hydrogen-bond donors (Lipinski definition) is 2. The molecule has 0 aromatic carbocycles. The molecule has 10 nitrogen and oxygen atoms in total. The Hall–Kier alpha value is -4.44. The van der Waals surface area contributed by atoms with Gasteiger partial charge in [-0.2, -0.15) is 0 Å². The molecule has 37 heavy (non-hydrogen) atoms. The standard InChI is InChI=1S/C24H21F2N7O3S/c1-28-8-7-19(27)36-20-10-14(15-9-17(22(25)26)29-12-18(15)35-2)16(11-30-20)23(34)31-24-33-32-21(37-24)6-5-13-3-4-13/h7-13,22H,3-4,27H2,1-2H3,(H,31,33,34)/b19-7+,28-8?. The van der Waals surface area contributed by atoms with Crippen LogP contribution in [0.5, 0.6) is 11.6 Å². The van der Waals surface area contributed by atoms with Gasteiger partial charge in [0, 0.05) is 48.6 Å². The second-order valence-electron chi connectivity index (χ2n) is 7.67. The van der Waals surface area contributed by atoms with Gasteiger partial charge in [-0.25, -0.2) is 13.8 Å². The van der Waals surface area contributed by atoms with Crippen molar-refractivity contribution in [1.82, 2.24) is 20.2 Å². The van der Waals surface area contributed by atoms with Crippen molar-refractivity contribution < 1.29 is 23.0 Å². The quantitative estimate of drug-likeness (QED) is 0.257. The van der Waals surface area contributed by atoms with E-state index in [2.05, 4.69) is 42.3 Å². The van der Waals surface area contributed by atoms with Crippen LogP contribution >= 0.6 is 11.3 Å². The number of nitrogens with two attached hydrogens (primary N) is 1. The molecule has 3 heterocycles. The molecule has 0 radical (unpaired) electrons. The minimum Gasteiger partial charge on any atom is -0.494 e. The van der Waals surface area contributed by atoms with Crippen LogP contribution in [-0.4, -0.2) is 46.4 Å². The number of nitrogens with one attached hydrogen (secondary N) is 1. The summed E-state index contributed by atoms with van der Waals surface area (Å²) in [6.45, 7) is 0. The average molecular weight is 526 g/mol. The third kappa shape index (κ3) is 6.62. The molecule has 190 valence electrons. The molecule has 0 saturated heterocycles. The number of amides is 1. The smallest absolute Gasteiger partial charge is 0.280 e. The zero-order valence-electron chi connectivity index (χ0n) is 19.7. The van der Waals surface area contributed by atoms with Gasteiger partial charge < -0.3 is 15.2 Å². The first-order valence-electron chi connectivity index (χ1n) is 10.9. The van der Waals surface area contributed by atoms with E-state index in [1.807, 2.05) is 0 Å². The maximum atomic E-state index is 13.5. The summed E-state index contributed by atoms with van der Waals surface area (Å²) in [5, 5.41) is 11.3. The first kappa shape index (κ1) is 25.6. The van der Waals surface area contributed by atoms with E-state index in [1.54, 1.807) is 7.05 Å². The molecule has 1 fully saturated rings. The molecule has 1 amide bonds. The predicted octanol–water partition coefficient (Wildman–Crippen LogP) is 3.83. The second kappa shape index (κ2) is 11.5. The van der Waals surface area contributed by atoms with Crippen LogP contribution in [0.4, 0.5) is 13.9 Å². The molecular formula is C24H21F2N7O3S. The van der Waals surface area contributed by atoms with Crippen LogP contribution in [0.3, 0.4) is 0 Å². The van der Waals surface area contributed by atoms with Gasteiger partial charge in [0.25, 0.3) is 12.3 Å². The number of halogens is 2. The van der Waals surface area contributed by atoms with Crippen molar-refractivity contribution in [2.24, 2.45) is 16.6 Å². The lowest BCUT2D eigenvalue weighted by atomic mass is 10.00. The molecular weight excluding hydrogens is 504 g/mol. The van der Waals surface area contributed by atoms with Gasteiger partial charge >= 0.3 is 0 Å². The summed E-state index contributed by atoms with van der Waals surface area (Å²) < 4.78 is 37.7. The molecule has 0 atom stereocenters. The Morgan fingerprint density at radius 3 is 2.78 bits per heavy atom. The molecule has 0 spiro atoms. The second-order valence-corrected chi connectivity index (χ2v) is 8.64. The number of carbonyl (C=O) groups is 1. The highest BCUT2D eigenvalue weighted by Crippen LogP contribution is 2.36. The highest BCUT2D eigenvalue weighted by molar-refractivity contribution is 7.15. The van der Waals surface area contributed by atoms with E-state index >= 15 is 0 Å². The third-order valence-electron chi connectivity index (χ3n) is 4.96. The van der Waals surface area contributed by atoms with Crippen molar-refractivity contribution in [3.8, 4) is 34.6 Å². The number of anilines is 1.